The van der Waals surface area contributed by atoms with E-state index in [1.807, 2.05) is 0 Å². The highest BCUT2D eigenvalue weighted by Crippen LogP contribution is 2.37. The molecule has 3 nitrogen and oxygen atoms in total. The standard InChI is InChI=1S/C6H13O3P/c1-10(7,8)9-6-4-2-3-5-6/h6H,2-5H2,1H3,(H,7,8)/p-1. The molecule has 1 saturated carbocycles. The first-order valence-electron chi connectivity index (χ1n) is 3.55. The Hall–Kier alpha value is 0.150. The van der Waals surface area contributed by atoms with E-state index in [2.05, 4.69) is 0 Å². The summed E-state index contributed by atoms with van der Waals surface area (Å²) in [5.74, 6) is 0. The molecule has 0 amide bonds. The van der Waals surface area contributed by atoms with Gasteiger partial charge in [0, 0.05) is 6.66 Å². The van der Waals surface area contributed by atoms with Crippen molar-refractivity contribution < 1.29 is 14.0 Å². The fraction of sp³-hybridized carbons (Fsp3) is 1.00. The van der Waals surface area contributed by atoms with Gasteiger partial charge >= 0.3 is 0 Å². The first-order valence-corrected chi connectivity index (χ1v) is 5.54. The van der Waals surface area contributed by atoms with Gasteiger partial charge in [0.05, 0.1) is 6.10 Å². The van der Waals surface area contributed by atoms with Crippen LogP contribution in [0.2, 0.25) is 0 Å². The van der Waals surface area contributed by atoms with E-state index in [4.69, 9.17) is 4.52 Å². The molecular formula is C6H12O3P-. The van der Waals surface area contributed by atoms with Crippen LogP contribution in [-0.4, -0.2) is 12.8 Å². The summed E-state index contributed by atoms with van der Waals surface area (Å²) in [6.07, 6.45) is 3.99. The second-order valence-corrected chi connectivity index (χ2v) is 4.54. The predicted octanol–water partition coefficient (Wildman–Crippen LogP) is 1.13. The fourth-order valence-electron chi connectivity index (χ4n) is 1.26. The van der Waals surface area contributed by atoms with Crippen LogP contribution in [0.15, 0.2) is 0 Å². The van der Waals surface area contributed by atoms with Crippen molar-refractivity contribution in [3.63, 3.8) is 0 Å². The van der Waals surface area contributed by atoms with Crippen LogP contribution in [0.4, 0.5) is 0 Å². The van der Waals surface area contributed by atoms with Gasteiger partial charge in [0.1, 0.15) is 7.60 Å². The maximum Gasteiger partial charge on any atom is 0.132 e. The lowest BCUT2D eigenvalue weighted by Crippen LogP contribution is -2.11. The lowest BCUT2D eigenvalue weighted by molar-refractivity contribution is -0.200. The van der Waals surface area contributed by atoms with Gasteiger partial charge in [0.2, 0.25) is 0 Å². The Kier molecular flexibility index (Phi) is 2.50. The molecule has 0 saturated heterocycles. The first-order chi connectivity index (χ1) is 4.58. The minimum Gasteiger partial charge on any atom is -0.779 e. The molecule has 0 aliphatic heterocycles. The Morgan fingerprint density at radius 1 is 1.50 bits per heavy atom. The van der Waals surface area contributed by atoms with Gasteiger partial charge in [-0.25, -0.2) is 0 Å². The molecule has 0 N–H and O–H groups in total. The van der Waals surface area contributed by atoms with E-state index in [9.17, 15) is 9.46 Å². The molecule has 0 aromatic rings. The van der Waals surface area contributed by atoms with E-state index in [0.717, 1.165) is 32.3 Å². The average Bonchev–Trinajstić information content (AvgIpc) is 2.12. The summed E-state index contributed by atoms with van der Waals surface area (Å²) in [6, 6.07) is 0. The quantitative estimate of drug-likeness (QED) is 0.573. The molecule has 1 rings (SSSR count). The Bertz CT molecular complexity index is 145. The summed E-state index contributed by atoms with van der Waals surface area (Å²) in [5, 5.41) is 0. The van der Waals surface area contributed by atoms with Crippen molar-refractivity contribution >= 4 is 7.60 Å². The van der Waals surface area contributed by atoms with Crippen molar-refractivity contribution in [3.05, 3.63) is 0 Å². The Morgan fingerprint density at radius 3 is 2.40 bits per heavy atom. The van der Waals surface area contributed by atoms with Crippen LogP contribution in [0.25, 0.3) is 0 Å². The van der Waals surface area contributed by atoms with E-state index in [1.165, 1.54) is 0 Å². The first kappa shape index (κ1) is 8.25. The van der Waals surface area contributed by atoms with Crippen molar-refractivity contribution in [3.8, 4) is 0 Å². The van der Waals surface area contributed by atoms with Crippen LogP contribution in [-0.2, 0) is 9.09 Å². The highest BCUT2D eigenvalue weighted by molar-refractivity contribution is 7.50. The van der Waals surface area contributed by atoms with Gasteiger partial charge in [-0.15, -0.1) is 0 Å². The van der Waals surface area contributed by atoms with Crippen LogP contribution in [0.5, 0.6) is 0 Å². The smallest absolute Gasteiger partial charge is 0.132 e. The molecular weight excluding hydrogens is 151 g/mol. The van der Waals surface area contributed by atoms with Crippen molar-refractivity contribution in [2.45, 2.75) is 31.8 Å². The molecule has 1 unspecified atom stereocenters. The van der Waals surface area contributed by atoms with E-state index in [1.54, 1.807) is 0 Å². The monoisotopic (exact) mass is 163 g/mol. The summed E-state index contributed by atoms with van der Waals surface area (Å²) in [5.41, 5.74) is 0. The van der Waals surface area contributed by atoms with Crippen LogP contribution in [0.3, 0.4) is 0 Å². The molecule has 1 atom stereocenters. The summed E-state index contributed by atoms with van der Waals surface area (Å²) in [4.78, 5) is 10.6. The maximum atomic E-state index is 10.6. The predicted molar refractivity (Wildman–Crippen MR) is 36.9 cm³/mol. The van der Waals surface area contributed by atoms with Crippen molar-refractivity contribution in [2.75, 3.05) is 6.66 Å². The summed E-state index contributed by atoms with van der Waals surface area (Å²) in [6.45, 7) is 1.13. The number of hydrogen-bond donors (Lipinski definition) is 0. The number of hydrogen-bond acceptors (Lipinski definition) is 3. The molecule has 0 aromatic carbocycles. The number of rotatable bonds is 2. The second kappa shape index (κ2) is 3.04. The third-order valence-corrected chi connectivity index (χ3v) is 2.32. The topological polar surface area (TPSA) is 49.4 Å². The Labute approximate surface area is 60.9 Å². The molecule has 60 valence electrons. The second-order valence-electron chi connectivity index (χ2n) is 2.78. The van der Waals surface area contributed by atoms with Gasteiger partial charge in [-0.2, -0.15) is 0 Å². The molecule has 0 bridgehead atoms. The lowest BCUT2D eigenvalue weighted by atomic mass is 10.3. The van der Waals surface area contributed by atoms with Crippen LogP contribution in [0.1, 0.15) is 25.7 Å². The largest absolute Gasteiger partial charge is 0.779 e. The zero-order valence-electron chi connectivity index (χ0n) is 6.08. The molecule has 1 aliphatic rings. The SMILES string of the molecule is CP(=O)([O-])OC1CCCC1. The van der Waals surface area contributed by atoms with Crippen LogP contribution in [0, 0.1) is 0 Å². The molecule has 1 fully saturated rings. The van der Waals surface area contributed by atoms with Gasteiger partial charge in [-0.3, -0.25) is 0 Å². The van der Waals surface area contributed by atoms with E-state index < -0.39 is 7.60 Å². The lowest BCUT2D eigenvalue weighted by Gasteiger charge is -2.22. The summed E-state index contributed by atoms with van der Waals surface area (Å²) in [7, 11) is -3.46. The minimum atomic E-state index is -3.46. The maximum absolute atomic E-state index is 10.6. The van der Waals surface area contributed by atoms with Gasteiger partial charge in [-0.1, -0.05) is 12.8 Å². The van der Waals surface area contributed by atoms with Gasteiger partial charge in [0.15, 0.2) is 0 Å². The fourth-order valence-corrected chi connectivity index (χ4v) is 2.02. The molecule has 0 heterocycles. The van der Waals surface area contributed by atoms with Gasteiger partial charge in [0.25, 0.3) is 0 Å². The van der Waals surface area contributed by atoms with Crippen LogP contribution >= 0.6 is 7.60 Å². The van der Waals surface area contributed by atoms with Crippen molar-refractivity contribution in [1.82, 2.24) is 0 Å². The Balaban J connectivity index is 2.31. The van der Waals surface area contributed by atoms with Gasteiger partial charge < -0.3 is 14.0 Å². The zero-order valence-corrected chi connectivity index (χ0v) is 6.97. The van der Waals surface area contributed by atoms with Crippen molar-refractivity contribution in [2.24, 2.45) is 0 Å². The van der Waals surface area contributed by atoms with Crippen molar-refractivity contribution in [1.29, 1.82) is 0 Å². The molecule has 4 heteroatoms. The van der Waals surface area contributed by atoms with E-state index in [-0.39, 0.29) is 6.10 Å². The summed E-state index contributed by atoms with van der Waals surface area (Å²) < 4.78 is 15.4. The normalized spacial score (nSPS) is 26.6. The molecule has 0 aromatic heterocycles. The van der Waals surface area contributed by atoms with E-state index >= 15 is 0 Å². The highest BCUT2D eigenvalue weighted by atomic mass is 31.2. The average molecular weight is 163 g/mol. The van der Waals surface area contributed by atoms with Crippen LogP contribution < -0.4 is 4.89 Å². The third-order valence-electron chi connectivity index (χ3n) is 1.64. The minimum absolute atomic E-state index is 0.0201. The summed E-state index contributed by atoms with van der Waals surface area (Å²) >= 11 is 0. The molecule has 0 spiro atoms. The highest BCUT2D eigenvalue weighted by Gasteiger charge is 2.17. The molecule has 0 radical (unpaired) electrons. The Morgan fingerprint density at radius 2 is 2.00 bits per heavy atom. The van der Waals surface area contributed by atoms with Gasteiger partial charge in [-0.05, 0) is 12.8 Å². The zero-order chi connectivity index (χ0) is 7.61. The molecule has 10 heavy (non-hydrogen) atoms. The third kappa shape index (κ3) is 2.82. The van der Waals surface area contributed by atoms with E-state index in [0.29, 0.717) is 0 Å². The molecule has 1 aliphatic carbocycles.